The number of carbonyl (C=O) groups excluding carboxylic acids is 4. The number of amides is 4. The standard InChI is InChI=1S/C34H42ClFN6O7/c1-22(44)42(38-18-25-10-7-11-28(36)31(25)35)26(21-48-32(46)39-29-16-23-8-5-6-9-24(23)17-37-29)12-13-30(45)40-14-15-41(27(19-40)20-43)33(47)49-34(2,3)4/h5-11,16-17,26-27,38,43H,12-15,18-21H2,1-4H3,(H,37,39,46)/t26-,27?/m0/s1. The van der Waals surface area contributed by atoms with Crippen LogP contribution in [0.1, 0.15) is 46.1 Å². The molecule has 1 fully saturated rings. The van der Waals surface area contributed by atoms with Crippen LogP contribution in [0.5, 0.6) is 0 Å². The van der Waals surface area contributed by atoms with Crippen LogP contribution < -0.4 is 10.7 Å². The maximum atomic E-state index is 14.1. The molecule has 15 heteroatoms. The van der Waals surface area contributed by atoms with Gasteiger partial charge in [-0.2, -0.15) is 0 Å². The Bertz CT molecular complexity index is 1650. The van der Waals surface area contributed by atoms with E-state index in [4.69, 9.17) is 21.1 Å². The molecule has 4 amide bonds. The van der Waals surface area contributed by atoms with Crippen LogP contribution in [0.15, 0.2) is 54.7 Å². The average molecular weight is 701 g/mol. The number of hydrazine groups is 1. The first kappa shape index (κ1) is 37.3. The molecule has 3 N–H and O–H groups in total. The Hall–Kier alpha value is -4.53. The molecule has 264 valence electrons. The number of pyridine rings is 1. The Morgan fingerprint density at radius 2 is 1.86 bits per heavy atom. The second-order valence-corrected chi connectivity index (χ2v) is 13.0. The quantitative estimate of drug-likeness (QED) is 0.241. The third-order valence-electron chi connectivity index (χ3n) is 7.81. The average Bonchev–Trinajstić information content (AvgIpc) is 3.06. The van der Waals surface area contributed by atoms with Gasteiger partial charge in [0.05, 0.1) is 23.7 Å². The van der Waals surface area contributed by atoms with Crippen molar-refractivity contribution < 1.29 is 38.1 Å². The van der Waals surface area contributed by atoms with Crippen LogP contribution in [0.4, 0.5) is 19.8 Å². The second-order valence-electron chi connectivity index (χ2n) is 12.6. The summed E-state index contributed by atoms with van der Waals surface area (Å²) < 4.78 is 25.0. The van der Waals surface area contributed by atoms with Crippen LogP contribution >= 0.6 is 11.6 Å². The number of hydrogen-bond donors (Lipinski definition) is 3. The number of nitrogens with one attached hydrogen (secondary N) is 2. The SMILES string of the molecule is CC(=O)N(NCc1cccc(F)c1Cl)[C@@H](CCC(=O)N1CCN(C(=O)OC(C)(C)C)C(CO)C1)COC(=O)Nc1cc2ccccc2cn1. The van der Waals surface area contributed by atoms with Crippen LogP contribution in [0.2, 0.25) is 5.02 Å². The lowest BCUT2D eigenvalue weighted by Crippen LogP contribution is -2.58. The van der Waals surface area contributed by atoms with Crippen molar-refractivity contribution in [1.82, 2.24) is 25.2 Å². The summed E-state index contributed by atoms with van der Waals surface area (Å²) in [6.07, 6.45) is 0.236. The summed E-state index contributed by atoms with van der Waals surface area (Å²) in [5.41, 5.74) is 2.61. The van der Waals surface area contributed by atoms with Crippen molar-refractivity contribution in [2.45, 2.75) is 64.8 Å². The van der Waals surface area contributed by atoms with Gasteiger partial charge in [0.25, 0.3) is 0 Å². The highest BCUT2D eigenvalue weighted by atomic mass is 35.5. The van der Waals surface area contributed by atoms with Crippen LogP contribution in [0, 0.1) is 5.82 Å². The van der Waals surface area contributed by atoms with Crippen LogP contribution in [-0.2, 0) is 25.6 Å². The molecule has 1 unspecified atom stereocenters. The summed E-state index contributed by atoms with van der Waals surface area (Å²) >= 11 is 6.12. The van der Waals surface area contributed by atoms with E-state index in [2.05, 4.69) is 15.7 Å². The maximum Gasteiger partial charge on any atom is 0.412 e. The lowest BCUT2D eigenvalue weighted by atomic mass is 10.1. The zero-order valence-electron chi connectivity index (χ0n) is 27.9. The first-order valence-electron chi connectivity index (χ1n) is 15.9. The summed E-state index contributed by atoms with van der Waals surface area (Å²) in [6.45, 7) is 6.30. The molecular formula is C34H42ClFN6O7. The predicted octanol–water partition coefficient (Wildman–Crippen LogP) is 4.72. The Morgan fingerprint density at radius 3 is 2.55 bits per heavy atom. The first-order chi connectivity index (χ1) is 23.3. The van der Waals surface area contributed by atoms with Gasteiger partial charge in [-0.05, 0) is 50.3 Å². The van der Waals surface area contributed by atoms with Gasteiger partial charge in [0.1, 0.15) is 23.8 Å². The molecule has 1 saturated heterocycles. The molecule has 4 rings (SSSR count). The van der Waals surface area contributed by atoms with Crippen molar-refractivity contribution in [3.05, 3.63) is 71.1 Å². The molecule has 0 spiro atoms. The monoisotopic (exact) mass is 700 g/mol. The van der Waals surface area contributed by atoms with Gasteiger partial charge < -0.3 is 19.5 Å². The number of fused-ring (bicyclic) bond motifs is 1. The topological polar surface area (TPSA) is 154 Å². The molecule has 2 heterocycles. The third kappa shape index (κ3) is 10.5. The van der Waals surface area contributed by atoms with E-state index in [9.17, 15) is 28.7 Å². The van der Waals surface area contributed by atoms with E-state index >= 15 is 0 Å². The molecule has 0 bridgehead atoms. The normalized spacial score (nSPS) is 15.4. The molecule has 13 nitrogen and oxygen atoms in total. The van der Waals surface area contributed by atoms with Crippen LogP contribution in [-0.4, -0.2) is 99.4 Å². The largest absolute Gasteiger partial charge is 0.447 e. The van der Waals surface area contributed by atoms with Gasteiger partial charge in [-0.3, -0.25) is 24.8 Å². The number of ether oxygens (including phenoxy) is 2. The number of aliphatic hydroxyl groups is 1. The number of halogens is 2. The van der Waals surface area contributed by atoms with E-state index < -0.39 is 41.6 Å². The Labute approximate surface area is 289 Å². The third-order valence-corrected chi connectivity index (χ3v) is 8.23. The molecule has 1 aliphatic rings. The number of carbonyl (C=O) groups is 4. The van der Waals surface area contributed by atoms with Crippen molar-refractivity contribution in [3.63, 3.8) is 0 Å². The Kier molecular flexibility index (Phi) is 12.7. The van der Waals surface area contributed by atoms with E-state index in [1.54, 1.807) is 39.1 Å². The number of aliphatic hydroxyl groups excluding tert-OH is 1. The fraction of sp³-hybridized carbons (Fsp3) is 0.441. The van der Waals surface area contributed by atoms with Crippen LogP contribution in [0.25, 0.3) is 10.8 Å². The smallest absolute Gasteiger partial charge is 0.412 e. The highest BCUT2D eigenvalue weighted by Crippen LogP contribution is 2.21. The van der Waals surface area contributed by atoms with Crippen LogP contribution in [0.3, 0.4) is 0 Å². The van der Waals surface area contributed by atoms with Gasteiger partial charge >= 0.3 is 12.2 Å². The zero-order valence-corrected chi connectivity index (χ0v) is 28.7. The molecule has 49 heavy (non-hydrogen) atoms. The van der Waals surface area contributed by atoms with Gasteiger partial charge in [-0.1, -0.05) is 48.0 Å². The van der Waals surface area contributed by atoms with E-state index in [1.165, 1.54) is 33.9 Å². The minimum atomic E-state index is -0.833. The first-order valence-corrected chi connectivity index (χ1v) is 16.3. The van der Waals surface area contributed by atoms with Crippen molar-refractivity contribution in [3.8, 4) is 0 Å². The number of aromatic nitrogens is 1. The summed E-state index contributed by atoms with van der Waals surface area (Å²) in [4.78, 5) is 59.0. The maximum absolute atomic E-state index is 14.1. The molecule has 1 aliphatic heterocycles. The minimum Gasteiger partial charge on any atom is -0.447 e. The zero-order chi connectivity index (χ0) is 35.7. The second kappa shape index (κ2) is 16.7. The summed E-state index contributed by atoms with van der Waals surface area (Å²) in [5.74, 6) is -1.08. The van der Waals surface area contributed by atoms with Gasteiger partial charge in [-0.25, -0.2) is 24.4 Å². The Balaban J connectivity index is 1.44. The van der Waals surface area contributed by atoms with Gasteiger partial charge in [0.2, 0.25) is 11.8 Å². The number of rotatable bonds is 11. The fourth-order valence-corrected chi connectivity index (χ4v) is 5.54. The van der Waals surface area contributed by atoms with Crippen molar-refractivity contribution in [2.24, 2.45) is 0 Å². The van der Waals surface area contributed by atoms with Crippen molar-refractivity contribution in [1.29, 1.82) is 0 Å². The van der Waals surface area contributed by atoms with Gasteiger partial charge in [0.15, 0.2) is 0 Å². The molecular weight excluding hydrogens is 659 g/mol. The number of piperazine rings is 1. The predicted molar refractivity (Wildman–Crippen MR) is 181 cm³/mol. The lowest BCUT2D eigenvalue weighted by Gasteiger charge is -2.41. The summed E-state index contributed by atoms with van der Waals surface area (Å²) in [7, 11) is 0. The molecule has 0 saturated carbocycles. The van der Waals surface area contributed by atoms with Crippen molar-refractivity contribution in [2.75, 3.05) is 38.2 Å². The minimum absolute atomic E-state index is 0.0291. The number of anilines is 1. The van der Waals surface area contributed by atoms with E-state index in [0.717, 1.165) is 10.8 Å². The lowest BCUT2D eigenvalue weighted by molar-refractivity contribution is -0.139. The number of nitrogens with zero attached hydrogens (tertiary/aromatic N) is 4. The molecule has 0 radical (unpaired) electrons. The van der Waals surface area contributed by atoms with Gasteiger partial charge in [-0.15, -0.1) is 0 Å². The van der Waals surface area contributed by atoms with Gasteiger partial charge in [0, 0.05) is 51.1 Å². The van der Waals surface area contributed by atoms with E-state index in [0.29, 0.717) is 5.56 Å². The number of hydrogen-bond acceptors (Lipinski definition) is 9. The number of benzene rings is 2. The van der Waals surface area contributed by atoms with E-state index in [-0.39, 0.29) is 69.0 Å². The highest BCUT2D eigenvalue weighted by molar-refractivity contribution is 6.31. The summed E-state index contributed by atoms with van der Waals surface area (Å²) in [6, 6.07) is 12.0. The molecule has 0 aliphatic carbocycles. The molecule has 3 aromatic rings. The molecule has 2 atom stereocenters. The Morgan fingerprint density at radius 1 is 1.12 bits per heavy atom. The fourth-order valence-electron chi connectivity index (χ4n) is 5.35. The molecule has 1 aromatic heterocycles. The highest BCUT2D eigenvalue weighted by Gasteiger charge is 2.35. The van der Waals surface area contributed by atoms with E-state index in [1.807, 2.05) is 24.3 Å². The molecule has 2 aromatic carbocycles. The van der Waals surface area contributed by atoms with Crippen molar-refractivity contribution >= 4 is 52.2 Å². The summed E-state index contributed by atoms with van der Waals surface area (Å²) in [5, 5.41) is 15.5.